The van der Waals surface area contributed by atoms with Crippen LogP contribution in [-0.4, -0.2) is 23.7 Å². The molecule has 2 N–H and O–H groups in total. The number of halogens is 3. The summed E-state index contributed by atoms with van der Waals surface area (Å²) < 4.78 is 27.4. The summed E-state index contributed by atoms with van der Waals surface area (Å²) in [6.07, 6.45) is 4.02. The molecule has 102 valence electrons. The number of carbonyl (C=O) groups excluding carboxylic acids is 1. The standard InChI is InChI=1S/C13H12BrF2NO2/c14-8-4-10(15)12(11(16)5-8)13(19)17-9-2-1-7(3-9)6-18/h1-2,4-5,7,9,18H,3,6H2,(H,17,19)/t7-,9+/m0/s1. The zero-order chi connectivity index (χ0) is 14.0. The normalized spacial score (nSPS) is 21.7. The van der Waals surface area contributed by atoms with Gasteiger partial charge in [0.05, 0.1) is 0 Å². The molecular formula is C13H12BrF2NO2. The van der Waals surface area contributed by atoms with Crippen LogP contribution in [0.15, 0.2) is 28.8 Å². The predicted molar refractivity (Wildman–Crippen MR) is 69.6 cm³/mol. The van der Waals surface area contributed by atoms with E-state index >= 15 is 0 Å². The molecule has 19 heavy (non-hydrogen) atoms. The lowest BCUT2D eigenvalue weighted by molar-refractivity contribution is 0.0932. The van der Waals surface area contributed by atoms with E-state index < -0.39 is 23.1 Å². The Morgan fingerprint density at radius 3 is 2.53 bits per heavy atom. The summed E-state index contributed by atoms with van der Waals surface area (Å²) in [4.78, 5) is 11.8. The third kappa shape index (κ3) is 3.19. The van der Waals surface area contributed by atoms with Crippen molar-refractivity contribution in [3.05, 3.63) is 46.0 Å². The third-order valence-electron chi connectivity index (χ3n) is 2.96. The summed E-state index contributed by atoms with van der Waals surface area (Å²) in [5.74, 6) is -2.64. The van der Waals surface area contributed by atoms with Crippen molar-refractivity contribution in [1.29, 1.82) is 0 Å². The van der Waals surface area contributed by atoms with Crippen LogP contribution in [-0.2, 0) is 0 Å². The highest BCUT2D eigenvalue weighted by molar-refractivity contribution is 9.10. The molecule has 0 aliphatic heterocycles. The minimum absolute atomic E-state index is 0.0100. The molecule has 0 fully saturated rings. The van der Waals surface area contributed by atoms with Crippen molar-refractivity contribution in [1.82, 2.24) is 5.32 Å². The maximum atomic E-state index is 13.6. The van der Waals surface area contributed by atoms with Gasteiger partial charge in [0.1, 0.15) is 17.2 Å². The van der Waals surface area contributed by atoms with Crippen LogP contribution in [0.25, 0.3) is 0 Å². The summed E-state index contributed by atoms with van der Waals surface area (Å²) in [7, 11) is 0. The maximum Gasteiger partial charge on any atom is 0.257 e. The van der Waals surface area contributed by atoms with Crippen molar-refractivity contribution in [3.8, 4) is 0 Å². The quantitative estimate of drug-likeness (QED) is 0.835. The highest BCUT2D eigenvalue weighted by Crippen LogP contribution is 2.21. The van der Waals surface area contributed by atoms with Crippen LogP contribution in [0.1, 0.15) is 16.8 Å². The second-order valence-corrected chi connectivity index (χ2v) is 5.30. The summed E-state index contributed by atoms with van der Waals surface area (Å²) in [6, 6.07) is 1.77. The van der Waals surface area contributed by atoms with Crippen LogP contribution in [0, 0.1) is 17.6 Å². The molecule has 1 aromatic carbocycles. The highest BCUT2D eigenvalue weighted by atomic mass is 79.9. The van der Waals surface area contributed by atoms with E-state index in [0.717, 1.165) is 12.1 Å². The van der Waals surface area contributed by atoms with E-state index in [-0.39, 0.29) is 23.0 Å². The van der Waals surface area contributed by atoms with Crippen LogP contribution in [0.4, 0.5) is 8.78 Å². The first-order valence-corrected chi connectivity index (χ1v) is 6.55. The molecule has 0 unspecified atom stereocenters. The number of hydrogen-bond donors (Lipinski definition) is 2. The first kappa shape index (κ1) is 14.1. The van der Waals surface area contributed by atoms with Crippen molar-refractivity contribution in [3.63, 3.8) is 0 Å². The molecule has 1 aliphatic rings. The van der Waals surface area contributed by atoms with Crippen molar-refractivity contribution >= 4 is 21.8 Å². The van der Waals surface area contributed by atoms with Crippen LogP contribution in [0.5, 0.6) is 0 Å². The van der Waals surface area contributed by atoms with E-state index in [4.69, 9.17) is 5.11 Å². The number of aliphatic hydroxyl groups is 1. The van der Waals surface area contributed by atoms with Gasteiger partial charge in [0.2, 0.25) is 0 Å². The average molecular weight is 332 g/mol. The van der Waals surface area contributed by atoms with Gasteiger partial charge in [0.25, 0.3) is 5.91 Å². The maximum absolute atomic E-state index is 13.6. The Morgan fingerprint density at radius 2 is 2.00 bits per heavy atom. The van der Waals surface area contributed by atoms with Gasteiger partial charge in [0.15, 0.2) is 0 Å². The highest BCUT2D eigenvalue weighted by Gasteiger charge is 2.24. The SMILES string of the molecule is O=C(N[C@@H]1C=C[C@H](CO)C1)c1c(F)cc(Br)cc1F. The summed E-state index contributed by atoms with van der Waals surface area (Å²) in [5.41, 5.74) is -0.593. The third-order valence-corrected chi connectivity index (χ3v) is 3.42. The van der Waals surface area contributed by atoms with E-state index in [1.807, 2.05) is 0 Å². The molecule has 1 aliphatic carbocycles. The summed E-state index contributed by atoms with van der Waals surface area (Å²) >= 11 is 2.95. The number of benzene rings is 1. The van der Waals surface area contributed by atoms with Gasteiger partial charge in [-0.15, -0.1) is 0 Å². The lowest BCUT2D eigenvalue weighted by Gasteiger charge is -2.13. The van der Waals surface area contributed by atoms with Crippen molar-refractivity contribution in [2.24, 2.45) is 5.92 Å². The topological polar surface area (TPSA) is 49.3 Å². The Morgan fingerprint density at radius 1 is 1.37 bits per heavy atom. The minimum atomic E-state index is -0.912. The summed E-state index contributed by atoms with van der Waals surface area (Å²) in [6.45, 7) is -0.0100. The van der Waals surface area contributed by atoms with E-state index in [2.05, 4.69) is 21.2 Å². The van der Waals surface area contributed by atoms with Crippen LogP contribution in [0.3, 0.4) is 0 Å². The fourth-order valence-electron chi connectivity index (χ4n) is 2.02. The molecule has 0 radical (unpaired) electrons. The van der Waals surface area contributed by atoms with Crippen LogP contribution < -0.4 is 5.32 Å². The van der Waals surface area contributed by atoms with Gasteiger partial charge in [-0.05, 0) is 18.6 Å². The number of nitrogens with one attached hydrogen (secondary N) is 1. The number of amides is 1. The Labute approximate surface area is 117 Å². The van der Waals surface area contributed by atoms with E-state index in [0.29, 0.717) is 6.42 Å². The minimum Gasteiger partial charge on any atom is -0.396 e. The van der Waals surface area contributed by atoms with Crippen LogP contribution in [0.2, 0.25) is 0 Å². The van der Waals surface area contributed by atoms with Gasteiger partial charge in [-0.3, -0.25) is 4.79 Å². The van der Waals surface area contributed by atoms with E-state index in [9.17, 15) is 13.6 Å². The fraction of sp³-hybridized carbons (Fsp3) is 0.308. The van der Waals surface area contributed by atoms with Crippen molar-refractivity contribution in [2.75, 3.05) is 6.61 Å². The Balaban J connectivity index is 2.11. The van der Waals surface area contributed by atoms with Gasteiger partial charge in [-0.25, -0.2) is 8.78 Å². The Hall–Kier alpha value is -1.27. The molecule has 6 heteroatoms. The second kappa shape index (κ2) is 5.79. The Kier molecular flexibility index (Phi) is 4.31. The van der Waals surface area contributed by atoms with E-state index in [1.165, 1.54) is 0 Å². The molecule has 3 nitrogen and oxygen atoms in total. The number of aliphatic hydroxyl groups excluding tert-OH is 1. The molecule has 0 bridgehead atoms. The number of rotatable bonds is 3. The predicted octanol–water partition coefficient (Wildman–Crippen LogP) is 2.39. The monoisotopic (exact) mass is 331 g/mol. The molecular weight excluding hydrogens is 320 g/mol. The molecule has 0 spiro atoms. The van der Waals surface area contributed by atoms with Gasteiger partial charge in [-0.2, -0.15) is 0 Å². The zero-order valence-electron chi connectivity index (χ0n) is 9.87. The largest absolute Gasteiger partial charge is 0.396 e. The van der Waals surface area contributed by atoms with Gasteiger partial charge in [0, 0.05) is 23.0 Å². The zero-order valence-corrected chi connectivity index (χ0v) is 11.5. The molecule has 2 rings (SSSR count). The molecule has 1 amide bonds. The summed E-state index contributed by atoms with van der Waals surface area (Å²) in [5, 5.41) is 11.5. The molecule has 0 heterocycles. The van der Waals surface area contributed by atoms with Gasteiger partial charge >= 0.3 is 0 Å². The van der Waals surface area contributed by atoms with Gasteiger partial charge < -0.3 is 10.4 Å². The first-order chi connectivity index (χ1) is 9.01. The first-order valence-electron chi connectivity index (χ1n) is 5.76. The fourth-order valence-corrected chi connectivity index (χ4v) is 2.42. The molecule has 0 saturated carbocycles. The van der Waals surface area contributed by atoms with Gasteiger partial charge in [-0.1, -0.05) is 28.1 Å². The van der Waals surface area contributed by atoms with Crippen molar-refractivity contribution in [2.45, 2.75) is 12.5 Å². The van der Waals surface area contributed by atoms with E-state index in [1.54, 1.807) is 12.2 Å². The molecule has 0 saturated heterocycles. The lowest BCUT2D eigenvalue weighted by Crippen LogP contribution is -2.34. The Bertz CT molecular complexity index is 510. The van der Waals surface area contributed by atoms with Crippen LogP contribution >= 0.6 is 15.9 Å². The number of hydrogen-bond acceptors (Lipinski definition) is 2. The average Bonchev–Trinajstić information content (AvgIpc) is 2.75. The smallest absolute Gasteiger partial charge is 0.257 e. The van der Waals surface area contributed by atoms with Crippen molar-refractivity contribution < 1.29 is 18.7 Å². The second-order valence-electron chi connectivity index (χ2n) is 4.39. The molecule has 2 atom stereocenters. The molecule has 1 aromatic rings. The number of carbonyl (C=O) groups is 1. The lowest BCUT2D eigenvalue weighted by atomic mass is 10.1. The molecule has 0 aromatic heterocycles.